The van der Waals surface area contributed by atoms with E-state index in [1.165, 1.54) is 4.68 Å². The molecule has 10 nitrogen and oxygen atoms in total. The first-order valence-corrected chi connectivity index (χ1v) is 11.7. The summed E-state index contributed by atoms with van der Waals surface area (Å²) >= 11 is 0. The standard InChI is InChI=1S/C19H27N5O5S/c1-4-14-16(24-9-5-6-13(11-24)10-18(25)26)8-7-15(20-14)19-17(23(2)22-21-19)12-29-30(3,27)28/h7-8,13H,4-6,9-12H2,1-3H3,(H,25,26)/t13-/m1/s1. The lowest BCUT2D eigenvalue weighted by Crippen LogP contribution is -2.37. The fraction of sp³-hybridized carbons (Fsp3) is 0.579. The molecular weight excluding hydrogens is 410 g/mol. The van der Waals surface area contributed by atoms with Gasteiger partial charge in [0.25, 0.3) is 10.1 Å². The molecule has 0 saturated carbocycles. The normalized spacial score (nSPS) is 17.3. The molecule has 1 atom stereocenters. The van der Waals surface area contributed by atoms with Gasteiger partial charge in [0.2, 0.25) is 0 Å². The van der Waals surface area contributed by atoms with Crippen LogP contribution in [0.3, 0.4) is 0 Å². The molecule has 1 aliphatic heterocycles. The molecule has 1 aliphatic rings. The van der Waals surface area contributed by atoms with E-state index in [2.05, 4.69) is 15.2 Å². The number of hydrogen-bond donors (Lipinski definition) is 1. The molecule has 3 heterocycles. The Labute approximate surface area is 176 Å². The molecule has 164 valence electrons. The molecule has 2 aromatic heterocycles. The average Bonchev–Trinajstić information content (AvgIpc) is 3.05. The number of aromatic nitrogens is 4. The van der Waals surface area contributed by atoms with Crippen LogP contribution in [-0.4, -0.2) is 58.8 Å². The Hall–Kier alpha value is -2.53. The van der Waals surface area contributed by atoms with Crippen molar-refractivity contribution in [3.63, 3.8) is 0 Å². The van der Waals surface area contributed by atoms with Crippen LogP contribution in [0, 0.1) is 5.92 Å². The van der Waals surface area contributed by atoms with Gasteiger partial charge in [-0.2, -0.15) is 8.42 Å². The zero-order valence-electron chi connectivity index (χ0n) is 17.4. The van der Waals surface area contributed by atoms with E-state index in [0.717, 1.165) is 37.0 Å². The minimum atomic E-state index is -3.60. The second-order valence-electron chi connectivity index (χ2n) is 7.54. The van der Waals surface area contributed by atoms with Crippen molar-refractivity contribution in [1.82, 2.24) is 20.0 Å². The van der Waals surface area contributed by atoms with Gasteiger partial charge in [0.15, 0.2) is 0 Å². The number of pyridine rings is 1. The summed E-state index contributed by atoms with van der Waals surface area (Å²) < 4.78 is 29.1. The number of nitrogens with zero attached hydrogens (tertiary/aromatic N) is 5. The molecule has 0 aromatic carbocycles. The Bertz CT molecular complexity index is 1020. The van der Waals surface area contributed by atoms with Gasteiger partial charge in [0.05, 0.1) is 29.0 Å². The second kappa shape index (κ2) is 9.09. The summed E-state index contributed by atoms with van der Waals surface area (Å²) in [6.45, 7) is 3.39. The Kier molecular flexibility index (Phi) is 6.71. The molecule has 30 heavy (non-hydrogen) atoms. The minimum absolute atomic E-state index is 0.125. The van der Waals surface area contributed by atoms with E-state index in [-0.39, 0.29) is 18.9 Å². The predicted molar refractivity (Wildman–Crippen MR) is 110 cm³/mol. The van der Waals surface area contributed by atoms with Crippen LogP contribution in [0.25, 0.3) is 11.4 Å². The number of aliphatic carboxylic acids is 1. The van der Waals surface area contributed by atoms with E-state index in [1.54, 1.807) is 7.05 Å². The van der Waals surface area contributed by atoms with Crippen LogP contribution in [-0.2, 0) is 39.2 Å². The quantitative estimate of drug-likeness (QED) is 0.613. The molecule has 0 amide bonds. The first kappa shape index (κ1) is 22.2. The van der Waals surface area contributed by atoms with Crippen molar-refractivity contribution in [2.45, 2.75) is 39.2 Å². The first-order valence-electron chi connectivity index (χ1n) is 9.88. The Morgan fingerprint density at radius 3 is 2.80 bits per heavy atom. The molecule has 0 spiro atoms. The molecule has 1 N–H and O–H groups in total. The lowest BCUT2D eigenvalue weighted by atomic mass is 9.94. The van der Waals surface area contributed by atoms with E-state index in [9.17, 15) is 13.2 Å². The van der Waals surface area contributed by atoms with Gasteiger partial charge in [-0.1, -0.05) is 12.1 Å². The first-order chi connectivity index (χ1) is 14.2. The molecule has 2 aromatic rings. The third-order valence-corrected chi connectivity index (χ3v) is 5.75. The van der Waals surface area contributed by atoms with Gasteiger partial charge in [-0.15, -0.1) is 5.10 Å². The number of piperidine rings is 1. The van der Waals surface area contributed by atoms with Gasteiger partial charge >= 0.3 is 5.97 Å². The van der Waals surface area contributed by atoms with Crippen molar-refractivity contribution in [3.8, 4) is 11.4 Å². The molecule has 0 aliphatic carbocycles. The lowest BCUT2D eigenvalue weighted by molar-refractivity contribution is -0.138. The zero-order chi connectivity index (χ0) is 21.9. The highest BCUT2D eigenvalue weighted by Gasteiger charge is 2.25. The molecule has 0 unspecified atom stereocenters. The van der Waals surface area contributed by atoms with Crippen LogP contribution < -0.4 is 4.90 Å². The smallest absolute Gasteiger partial charge is 0.303 e. The van der Waals surface area contributed by atoms with Crippen LogP contribution in [0.5, 0.6) is 0 Å². The van der Waals surface area contributed by atoms with Crippen molar-refractivity contribution in [2.75, 3.05) is 24.2 Å². The van der Waals surface area contributed by atoms with Crippen LogP contribution in [0.15, 0.2) is 12.1 Å². The van der Waals surface area contributed by atoms with Crippen LogP contribution in [0.1, 0.15) is 37.6 Å². The maximum absolute atomic E-state index is 11.4. The van der Waals surface area contributed by atoms with Gasteiger partial charge in [0.1, 0.15) is 12.3 Å². The number of rotatable bonds is 8. The van der Waals surface area contributed by atoms with Crippen molar-refractivity contribution in [2.24, 2.45) is 13.0 Å². The number of aryl methyl sites for hydroxylation is 2. The highest BCUT2D eigenvalue weighted by atomic mass is 32.2. The maximum Gasteiger partial charge on any atom is 0.303 e. The zero-order valence-corrected chi connectivity index (χ0v) is 18.2. The summed E-state index contributed by atoms with van der Waals surface area (Å²) in [5.41, 5.74) is 3.46. The SMILES string of the molecule is CCc1nc(-c2nnn(C)c2COS(C)(=O)=O)ccc1N1CCC[C@H](CC(=O)O)C1. The molecule has 1 saturated heterocycles. The van der Waals surface area contributed by atoms with Gasteiger partial charge in [0, 0.05) is 26.6 Å². The topological polar surface area (TPSA) is 128 Å². The van der Waals surface area contributed by atoms with E-state index in [0.29, 0.717) is 30.0 Å². The third-order valence-electron chi connectivity index (χ3n) is 5.20. The van der Waals surface area contributed by atoms with E-state index < -0.39 is 16.1 Å². The van der Waals surface area contributed by atoms with Crippen molar-refractivity contribution >= 4 is 21.8 Å². The predicted octanol–water partition coefficient (Wildman–Crippen LogP) is 1.61. The minimum Gasteiger partial charge on any atom is -0.481 e. The average molecular weight is 438 g/mol. The second-order valence-corrected chi connectivity index (χ2v) is 9.19. The summed E-state index contributed by atoms with van der Waals surface area (Å²) in [6.07, 6.45) is 3.72. The highest BCUT2D eigenvalue weighted by Crippen LogP contribution is 2.30. The molecule has 3 rings (SSSR count). The summed E-state index contributed by atoms with van der Waals surface area (Å²) in [5.74, 6) is -0.641. The molecular formula is C19H27N5O5S. The number of carbonyl (C=O) groups is 1. The van der Waals surface area contributed by atoms with Crippen LogP contribution in [0.4, 0.5) is 5.69 Å². The van der Waals surface area contributed by atoms with Crippen LogP contribution >= 0.6 is 0 Å². The Morgan fingerprint density at radius 2 is 2.13 bits per heavy atom. The Balaban J connectivity index is 1.87. The molecule has 1 fully saturated rings. The molecule has 11 heteroatoms. The summed E-state index contributed by atoms with van der Waals surface area (Å²) in [5, 5.41) is 17.2. The van der Waals surface area contributed by atoms with E-state index in [4.69, 9.17) is 14.3 Å². The number of carboxylic acid groups (broad SMARTS) is 1. The fourth-order valence-electron chi connectivity index (χ4n) is 3.77. The van der Waals surface area contributed by atoms with Crippen molar-refractivity contribution in [1.29, 1.82) is 0 Å². The van der Waals surface area contributed by atoms with Gasteiger partial charge in [-0.05, 0) is 37.3 Å². The largest absolute Gasteiger partial charge is 0.481 e. The summed E-state index contributed by atoms with van der Waals surface area (Å²) in [6, 6.07) is 3.81. The van der Waals surface area contributed by atoms with Gasteiger partial charge < -0.3 is 10.0 Å². The lowest BCUT2D eigenvalue weighted by Gasteiger charge is -2.34. The summed E-state index contributed by atoms with van der Waals surface area (Å²) in [4.78, 5) is 18.1. The van der Waals surface area contributed by atoms with Crippen molar-refractivity contribution in [3.05, 3.63) is 23.5 Å². The summed E-state index contributed by atoms with van der Waals surface area (Å²) in [7, 11) is -1.93. The number of carboxylic acids is 1. The molecule has 0 bridgehead atoms. The monoisotopic (exact) mass is 437 g/mol. The third kappa shape index (κ3) is 5.33. The Morgan fingerprint density at radius 1 is 1.37 bits per heavy atom. The molecule has 0 radical (unpaired) electrons. The maximum atomic E-state index is 11.4. The number of anilines is 1. The van der Waals surface area contributed by atoms with Crippen LogP contribution in [0.2, 0.25) is 0 Å². The van der Waals surface area contributed by atoms with Crippen molar-refractivity contribution < 1.29 is 22.5 Å². The van der Waals surface area contributed by atoms with E-state index in [1.807, 2.05) is 19.1 Å². The fourth-order valence-corrected chi connectivity index (χ4v) is 4.10. The highest BCUT2D eigenvalue weighted by molar-refractivity contribution is 7.85. The van der Waals surface area contributed by atoms with Gasteiger partial charge in [-0.25, -0.2) is 9.67 Å². The number of hydrogen-bond acceptors (Lipinski definition) is 8. The van der Waals surface area contributed by atoms with E-state index >= 15 is 0 Å². The van der Waals surface area contributed by atoms with Gasteiger partial charge in [-0.3, -0.25) is 8.98 Å².